The Balaban J connectivity index is 1.77. The molecule has 10 heteroatoms. The molecule has 0 aliphatic rings. The topological polar surface area (TPSA) is 121 Å². The van der Waals surface area contributed by atoms with Crippen LogP contribution in [0.25, 0.3) is 11.4 Å². The lowest BCUT2D eigenvalue weighted by Crippen LogP contribution is -2.19. The summed E-state index contributed by atoms with van der Waals surface area (Å²) in [6, 6.07) is 3.06. The van der Waals surface area contributed by atoms with Crippen LogP contribution in [0.15, 0.2) is 36.9 Å². The minimum Gasteiger partial charge on any atom is -0.441 e. The number of halogens is 1. The van der Waals surface area contributed by atoms with Gasteiger partial charge in [0.25, 0.3) is 0 Å². The number of pyridine rings is 1. The van der Waals surface area contributed by atoms with Crippen molar-refractivity contribution in [3.05, 3.63) is 48.4 Å². The molecule has 0 saturated heterocycles. The summed E-state index contributed by atoms with van der Waals surface area (Å²) < 4.78 is 20.3. The second-order valence-corrected chi connectivity index (χ2v) is 5.43. The average molecular weight is 357 g/mol. The van der Waals surface area contributed by atoms with E-state index in [9.17, 15) is 9.18 Å². The number of nitrogens with two attached hydrogens (primary N) is 1. The standard InChI is InChI=1S/C16H16FN7O2/c1-9(11-4-3-5-19-13(11)17)26-16(25)23-15-12(8-22-24(15)2)14-20-6-10(18)7-21-14/h3-9H,18H2,1-2H3,(H,23,25)/t9-/m1/s1. The van der Waals surface area contributed by atoms with E-state index in [2.05, 4.69) is 25.4 Å². The number of rotatable bonds is 4. The predicted molar refractivity (Wildman–Crippen MR) is 91.4 cm³/mol. The molecule has 134 valence electrons. The monoisotopic (exact) mass is 357 g/mol. The van der Waals surface area contributed by atoms with Crippen LogP contribution in [-0.2, 0) is 11.8 Å². The molecule has 0 bridgehead atoms. The second kappa shape index (κ2) is 7.13. The number of aryl methyl sites for hydroxylation is 1. The number of carbonyl (C=O) groups is 1. The molecule has 0 saturated carbocycles. The Morgan fingerprint density at radius 3 is 2.73 bits per heavy atom. The first-order valence-corrected chi connectivity index (χ1v) is 7.63. The number of nitrogens with zero attached hydrogens (tertiary/aromatic N) is 5. The summed E-state index contributed by atoms with van der Waals surface area (Å²) in [6.45, 7) is 1.55. The van der Waals surface area contributed by atoms with Crippen LogP contribution in [0.5, 0.6) is 0 Å². The van der Waals surface area contributed by atoms with Crippen molar-refractivity contribution in [2.45, 2.75) is 13.0 Å². The van der Waals surface area contributed by atoms with Gasteiger partial charge in [0.05, 0.1) is 29.8 Å². The number of hydrogen-bond acceptors (Lipinski definition) is 7. The highest BCUT2D eigenvalue weighted by Crippen LogP contribution is 2.25. The van der Waals surface area contributed by atoms with Gasteiger partial charge >= 0.3 is 6.09 Å². The molecular weight excluding hydrogens is 341 g/mol. The van der Waals surface area contributed by atoms with Crippen LogP contribution in [0.3, 0.4) is 0 Å². The van der Waals surface area contributed by atoms with Gasteiger partial charge in [-0.25, -0.2) is 19.7 Å². The lowest BCUT2D eigenvalue weighted by molar-refractivity contribution is 0.118. The fourth-order valence-corrected chi connectivity index (χ4v) is 2.28. The SMILES string of the molecule is C[C@@H](OC(=O)Nc1c(-c2ncc(N)cn2)cnn1C)c1cccnc1F. The number of carbonyl (C=O) groups excluding carboxylic acids is 1. The van der Waals surface area contributed by atoms with E-state index in [1.54, 1.807) is 20.0 Å². The van der Waals surface area contributed by atoms with Crippen molar-refractivity contribution in [1.82, 2.24) is 24.7 Å². The van der Waals surface area contributed by atoms with Crippen LogP contribution in [0.4, 0.5) is 20.7 Å². The van der Waals surface area contributed by atoms with Crippen molar-refractivity contribution in [2.24, 2.45) is 7.05 Å². The lowest BCUT2D eigenvalue weighted by atomic mass is 10.2. The van der Waals surface area contributed by atoms with Crippen LogP contribution in [0, 0.1) is 5.95 Å². The van der Waals surface area contributed by atoms with E-state index in [0.29, 0.717) is 22.9 Å². The second-order valence-electron chi connectivity index (χ2n) is 5.43. The molecular formula is C16H16FN7O2. The molecule has 0 aliphatic carbocycles. The van der Waals surface area contributed by atoms with Crippen LogP contribution in [-0.4, -0.2) is 30.8 Å². The van der Waals surface area contributed by atoms with Gasteiger partial charge in [-0.2, -0.15) is 9.49 Å². The molecule has 0 fully saturated rings. The van der Waals surface area contributed by atoms with Gasteiger partial charge < -0.3 is 10.5 Å². The van der Waals surface area contributed by atoms with Crippen molar-refractivity contribution in [1.29, 1.82) is 0 Å². The molecule has 3 rings (SSSR count). The van der Waals surface area contributed by atoms with Crippen LogP contribution >= 0.6 is 0 Å². The predicted octanol–water partition coefficient (Wildman–Crippen LogP) is 2.30. The molecule has 1 amide bonds. The van der Waals surface area contributed by atoms with Crippen LogP contribution in [0.2, 0.25) is 0 Å². The number of ether oxygens (including phenoxy) is 1. The summed E-state index contributed by atoms with van der Waals surface area (Å²) in [4.78, 5) is 24.0. The third kappa shape index (κ3) is 3.58. The van der Waals surface area contributed by atoms with E-state index in [0.717, 1.165) is 0 Å². The van der Waals surface area contributed by atoms with Crippen LogP contribution < -0.4 is 11.1 Å². The molecule has 3 aromatic rings. The molecule has 26 heavy (non-hydrogen) atoms. The van der Waals surface area contributed by atoms with Gasteiger partial charge in [0.1, 0.15) is 11.9 Å². The van der Waals surface area contributed by atoms with Gasteiger partial charge in [-0.15, -0.1) is 0 Å². The smallest absolute Gasteiger partial charge is 0.413 e. The maximum absolute atomic E-state index is 13.7. The number of aromatic nitrogens is 5. The molecule has 0 aliphatic heterocycles. The highest BCUT2D eigenvalue weighted by atomic mass is 19.1. The molecule has 3 heterocycles. The molecule has 0 aromatic carbocycles. The van der Waals surface area contributed by atoms with Crippen molar-refractivity contribution in [3.8, 4) is 11.4 Å². The van der Waals surface area contributed by atoms with E-state index in [1.807, 2.05) is 0 Å². The average Bonchev–Trinajstić information content (AvgIpc) is 2.96. The number of amides is 1. The number of hydrogen-bond donors (Lipinski definition) is 2. The molecule has 3 aromatic heterocycles. The molecule has 0 unspecified atom stereocenters. The van der Waals surface area contributed by atoms with Crippen molar-refractivity contribution in [2.75, 3.05) is 11.1 Å². The van der Waals surface area contributed by atoms with Crippen molar-refractivity contribution < 1.29 is 13.9 Å². The molecule has 1 atom stereocenters. The van der Waals surface area contributed by atoms with Crippen molar-refractivity contribution in [3.63, 3.8) is 0 Å². The first-order valence-electron chi connectivity index (χ1n) is 7.63. The quantitative estimate of drug-likeness (QED) is 0.687. The zero-order chi connectivity index (χ0) is 18.7. The minimum absolute atomic E-state index is 0.176. The highest BCUT2D eigenvalue weighted by Gasteiger charge is 2.20. The maximum atomic E-state index is 13.7. The minimum atomic E-state index is -0.826. The van der Waals surface area contributed by atoms with Crippen LogP contribution in [0.1, 0.15) is 18.6 Å². The number of nitrogens with one attached hydrogen (secondary N) is 1. The van der Waals surface area contributed by atoms with Gasteiger partial charge in [0, 0.05) is 18.8 Å². The summed E-state index contributed by atoms with van der Waals surface area (Å²) in [7, 11) is 1.64. The first-order chi connectivity index (χ1) is 12.5. The molecule has 0 spiro atoms. The van der Waals surface area contributed by atoms with Gasteiger partial charge in [0.15, 0.2) is 5.82 Å². The summed E-state index contributed by atoms with van der Waals surface area (Å²) in [5.41, 5.74) is 6.66. The normalized spacial score (nSPS) is 11.8. The van der Waals surface area contributed by atoms with Gasteiger partial charge in [0.2, 0.25) is 5.95 Å². The Bertz CT molecular complexity index is 927. The maximum Gasteiger partial charge on any atom is 0.413 e. The summed E-state index contributed by atoms with van der Waals surface area (Å²) in [5.74, 6) is -0.0168. The third-order valence-electron chi connectivity index (χ3n) is 3.58. The third-order valence-corrected chi connectivity index (χ3v) is 3.58. The zero-order valence-corrected chi connectivity index (χ0v) is 14.0. The number of nitrogen functional groups attached to an aromatic ring is 1. The van der Waals surface area contributed by atoms with E-state index in [1.165, 1.54) is 35.5 Å². The van der Waals surface area contributed by atoms with Gasteiger partial charge in [-0.1, -0.05) is 0 Å². The van der Waals surface area contributed by atoms with Gasteiger partial charge in [-0.05, 0) is 19.1 Å². The summed E-state index contributed by atoms with van der Waals surface area (Å²) >= 11 is 0. The molecule has 3 N–H and O–H groups in total. The Kier molecular flexibility index (Phi) is 4.74. The van der Waals surface area contributed by atoms with Gasteiger partial charge in [-0.3, -0.25) is 10.00 Å². The Hall–Kier alpha value is -3.56. The summed E-state index contributed by atoms with van der Waals surface area (Å²) in [6.07, 6.45) is 4.12. The van der Waals surface area contributed by atoms with E-state index >= 15 is 0 Å². The fourth-order valence-electron chi connectivity index (χ4n) is 2.28. The van der Waals surface area contributed by atoms with Crippen molar-refractivity contribution >= 4 is 17.6 Å². The largest absolute Gasteiger partial charge is 0.441 e. The Labute approximate surface area is 148 Å². The molecule has 0 radical (unpaired) electrons. The molecule has 9 nitrogen and oxygen atoms in total. The summed E-state index contributed by atoms with van der Waals surface area (Å²) in [5, 5.41) is 6.66. The van der Waals surface area contributed by atoms with E-state index < -0.39 is 18.1 Å². The highest BCUT2D eigenvalue weighted by molar-refractivity contribution is 5.88. The van der Waals surface area contributed by atoms with E-state index in [-0.39, 0.29) is 5.56 Å². The fraction of sp³-hybridized carbons (Fsp3) is 0.188. The van der Waals surface area contributed by atoms with E-state index in [4.69, 9.17) is 10.5 Å². The Morgan fingerprint density at radius 1 is 1.31 bits per heavy atom. The Morgan fingerprint density at radius 2 is 2.04 bits per heavy atom. The lowest BCUT2D eigenvalue weighted by Gasteiger charge is -2.15. The number of anilines is 2. The zero-order valence-electron chi connectivity index (χ0n) is 14.0. The first kappa shape index (κ1) is 17.3.